The molecule has 0 spiro atoms. The van der Waals surface area contributed by atoms with Crippen molar-refractivity contribution < 1.29 is 15.0 Å². The van der Waals surface area contributed by atoms with E-state index in [1.165, 1.54) is 128 Å². The molecule has 69 heavy (non-hydrogen) atoms. The fraction of sp³-hybridized carbons (Fsp3) is 0.646. The number of unbranched alkanes of at least 4 members (excludes halogenated alkanes) is 24. The molecule has 0 saturated carbocycles. The third-order valence-corrected chi connectivity index (χ3v) is 12.4. The summed E-state index contributed by atoms with van der Waals surface area (Å²) in [6.45, 7) is 4.18. The van der Waals surface area contributed by atoms with E-state index in [9.17, 15) is 15.0 Å². The van der Waals surface area contributed by atoms with Crippen molar-refractivity contribution in [1.82, 2.24) is 5.32 Å². The smallest absolute Gasteiger partial charge is 0.220 e. The van der Waals surface area contributed by atoms with E-state index < -0.39 is 12.1 Å². The van der Waals surface area contributed by atoms with Crippen LogP contribution in [0.4, 0.5) is 0 Å². The van der Waals surface area contributed by atoms with E-state index in [-0.39, 0.29) is 12.5 Å². The van der Waals surface area contributed by atoms with Crippen molar-refractivity contribution in [3.8, 4) is 0 Å². The van der Waals surface area contributed by atoms with E-state index in [1.54, 1.807) is 6.08 Å². The van der Waals surface area contributed by atoms with Crippen LogP contribution in [0.5, 0.6) is 0 Å². The van der Waals surface area contributed by atoms with Gasteiger partial charge in [-0.1, -0.05) is 276 Å². The molecule has 0 rings (SSSR count). The lowest BCUT2D eigenvalue weighted by Crippen LogP contribution is -2.45. The summed E-state index contributed by atoms with van der Waals surface area (Å²) in [6.07, 6.45) is 91.8. The van der Waals surface area contributed by atoms with Crippen LogP contribution in [0.1, 0.15) is 251 Å². The van der Waals surface area contributed by atoms with Crippen LogP contribution >= 0.6 is 0 Å². The van der Waals surface area contributed by atoms with Gasteiger partial charge in [0.15, 0.2) is 0 Å². The molecule has 0 aromatic heterocycles. The molecular weight excluding hydrogens is 843 g/mol. The van der Waals surface area contributed by atoms with Gasteiger partial charge in [-0.15, -0.1) is 0 Å². The summed E-state index contributed by atoms with van der Waals surface area (Å²) >= 11 is 0. The maximum absolute atomic E-state index is 12.5. The van der Waals surface area contributed by atoms with Crippen LogP contribution in [0.25, 0.3) is 0 Å². The van der Waals surface area contributed by atoms with E-state index in [2.05, 4.69) is 141 Å². The van der Waals surface area contributed by atoms with Crippen LogP contribution in [-0.2, 0) is 4.79 Å². The number of hydrogen-bond donors (Lipinski definition) is 3. The molecule has 0 saturated heterocycles. The number of nitrogens with one attached hydrogen (secondary N) is 1. The van der Waals surface area contributed by atoms with Crippen molar-refractivity contribution in [2.75, 3.05) is 6.61 Å². The second-order valence-electron chi connectivity index (χ2n) is 19.0. The Morgan fingerprint density at radius 2 is 0.652 bits per heavy atom. The van der Waals surface area contributed by atoms with Gasteiger partial charge in [-0.05, 0) is 103 Å². The minimum absolute atomic E-state index is 0.0969. The van der Waals surface area contributed by atoms with Crippen molar-refractivity contribution in [3.05, 3.63) is 134 Å². The lowest BCUT2D eigenvalue weighted by Gasteiger charge is -2.19. The normalized spacial score (nSPS) is 13.9. The summed E-state index contributed by atoms with van der Waals surface area (Å²) in [5, 5.41) is 23.1. The third kappa shape index (κ3) is 55.3. The van der Waals surface area contributed by atoms with Gasteiger partial charge in [-0.2, -0.15) is 0 Å². The van der Waals surface area contributed by atoms with E-state index in [4.69, 9.17) is 0 Å². The molecule has 0 aliphatic heterocycles. The topological polar surface area (TPSA) is 69.6 Å². The molecule has 4 nitrogen and oxygen atoms in total. The minimum atomic E-state index is -0.882. The Morgan fingerprint density at radius 1 is 0.362 bits per heavy atom. The summed E-state index contributed by atoms with van der Waals surface area (Å²) in [5.74, 6) is -0.0969. The number of allylic oxidation sites excluding steroid dienone is 21. The van der Waals surface area contributed by atoms with Crippen LogP contribution in [0.15, 0.2) is 134 Å². The van der Waals surface area contributed by atoms with Gasteiger partial charge in [0.1, 0.15) is 0 Å². The summed E-state index contributed by atoms with van der Waals surface area (Å²) in [4.78, 5) is 12.5. The van der Waals surface area contributed by atoms with Crippen LogP contribution < -0.4 is 5.32 Å². The zero-order valence-electron chi connectivity index (χ0n) is 45.0. The lowest BCUT2D eigenvalue weighted by molar-refractivity contribution is -0.123. The number of rotatable bonds is 51. The average Bonchev–Trinajstić information content (AvgIpc) is 3.35. The number of amides is 1. The predicted molar refractivity (Wildman–Crippen MR) is 308 cm³/mol. The molecule has 0 bridgehead atoms. The Balaban J connectivity index is 3.68. The third-order valence-electron chi connectivity index (χ3n) is 12.4. The van der Waals surface area contributed by atoms with Crippen LogP contribution in [0.3, 0.4) is 0 Å². The molecule has 2 atom stereocenters. The molecule has 3 N–H and O–H groups in total. The SMILES string of the molecule is CC/C=C\C/C=C\C/C=C\C/C=C\C/C=C\C/C=C\C/C=C\C/C=C\C/C=C\CCCCCCCC(=O)NC(CO)C(O)/C=C/CC/C=C/CCCCCCCCCCCCCCCCCCCC. The minimum Gasteiger partial charge on any atom is -0.394 e. The Kier molecular flexibility index (Phi) is 55.9. The summed E-state index contributed by atoms with van der Waals surface area (Å²) in [6, 6.07) is -0.661. The number of aliphatic hydroxyl groups is 2. The summed E-state index contributed by atoms with van der Waals surface area (Å²) in [5.41, 5.74) is 0. The van der Waals surface area contributed by atoms with Gasteiger partial charge in [-0.3, -0.25) is 4.79 Å². The maximum atomic E-state index is 12.5. The highest BCUT2D eigenvalue weighted by atomic mass is 16.3. The van der Waals surface area contributed by atoms with E-state index in [0.29, 0.717) is 6.42 Å². The van der Waals surface area contributed by atoms with E-state index >= 15 is 0 Å². The first-order chi connectivity index (χ1) is 34.2. The van der Waals surface area contributed by atoms with E-state index in [1.807, 2.05) is 6.08 Å². The molecule has 0 heterocycles. The van der Waals surface area contributed by atoms with Gasteiger partial charge in [0.2, 0.25) is 5.91 Å². The van der Waals surface area contributed by atoms with Crippen LogP contribution in [-0.4, -0.2) is 34.9 Å². The standard InChI is InChI=1S/C65H109NO3/c1-3-5-7-9-11-13-15-17-19-21-23-25-27-29-30-31-32-33-34-35-36-37-39-41-43-45-47-49-51-53-55-57-59-61-65(69)66-63(62-67)64(68)60-58-56-54-52-50-48-46-44-42-40-38-28-26-24-22-20-18-16-14-12-10-8-6-4-2/h5,7,11,13,17,19,23,25,29-30,32-33,35-36,39,41,45,47,50,52,58,60,63-64,67-68H,3-4,6,8-10,12,14-16,18,20-22,24,26-28,31,34,37-38,40,42-44,46,48-49,51,53-57,59,61-62H2,1-2H3,(H,66,69)/b7-5-,13-11-,19-17-,25-23-,30-29-,33-32-,36-35-,41-39-,47-45-,52-50+,60-58+. The van der Waals surface area contributed by atoms with Gasteiger partial charge < -0.3 is 15.5 Å². The molecule has 0 aliphatic carbocycles. The first kappa shape index (κ1) is 65.5. The Labute approximate surface area is 428 Å². The highest BCUT2D eigenvalue weighted by Gasteiger charge is 2.17. The van der Waals surface area contributed by atoms with Crippen molar-refractivity contribution in [2.24, 2.45) is 0 Å². The fourth-order valence-corrected chi connectivity index (χ4v) is 8.01. The largest absolute Gasteiger partial charge is 0.394 e. The first-order valence-corrected chi connectivity index (χ1v) is 28.9. The Morgan fingerprint density at radius 3 is 1.01 bits per heavy atom. The molecule has 392 valence electrons. The quantitative estimate of drug-likeness (QED) is 0.0420. The maximum Gasteiger partial charge on any atom is 0.220 e. The number of hydrogen-bond acceptors (Lipinski definition) is 3. The zero-order chi connectivity index (χ0) is 49.9. The Bertz CT molecular complexity index is 1400. The monoisotopic (exact) mass is 952 g/mol. The van der Waals surface area contributed by atoms with E-state index in [0.717, 1.165) is 103 Å². The summed E-state index contributed by atoms with van der Waals surface area (Å²) < 4.78 is 0. The zero-order valence-corrected chi connectivity index (χ0v) is 45.0. The van der Waals surface area contributed by atoms with Gasteiger partial charge in [0.25, 0.3) is 0 Å². The second kappa shape index (κ2) is 58.8. The van der Waals surface area contributed by atoms with Crippen molar-refractivity contribution >= 4 is 5.91 Å². The molecule has 0 radical (unpaired) electrons. The van der Waals surface area contributed by atoms with Gasteiger partial charge in [-0.25, -0.2) is 0 Å². The van der Waals surface area contributed by atoms with Gasteiger partial charge in [0, 0.05) is 6.42 Å². The predicted octanol–water partition coefficient (Wildman–Crippen LogP) is 19.4. The lowest BCUT2D eigenvalue weighted by atomic mass is 10.0. The molecule has 1 amide bonds. The Hall–Kier alpha value is -3.47. The van der Waals surface area contributed by atoms with Crippen LogP contribution in [0, 0.1) is 0 Å². The van der Waals surface area contributed by atoms with Gasteiger partial charge in [0.05, 0.1) is 18.8 Å². The molecule has 4 heteroatoms. The molecule has 0 fully saturated rings. The van der Waals surface area contributed by atoms with Gasteiger partial charge >= 0.3 is 0 Å². The number of carbonyl (C=O) groups is 1. The fourth-order valence-electron chi connectivity index (χ4n) is 8.01. The second-order valence-corrected chi connectivity index (χ2v) is 19.0. The molecule has 0 aromatic carbocycles. The average molecular weight is 953 g/mol. The highest BCUT2D eigenvalue weighted by molar-refractivity contribution is 5.76. The number of aliphatic hydroxyl groups excluding tert-OH is 2. The van der Waals surface area contributed by atoms with Crippen LogP contribution in [0.2, 0.25) is 0 Å². The molecule has 0 aliphatic rings. The molecule has 0 aromatic rings. The highest BCUT2D eigenvalue weighted by Crippen LogP contribution is 2.15. The van der Waals surface area contributed by atoms with Crippen molar-refractivity contribution in [1.29, 1.82) is 0 Å². The first-order valence-electron chi connectivity index (χ1n) is 28.9. The summed E-state index contributed by atoms with van der Waals surface area (Å²) in [7, 11) is 0. The van der Waals surface area contributed by atoms with Crippen molar-refractivity contribution in [2.45, 2.75) is 264 Å². The van der Waals surface area contributed by atoms with Crippen molar-refractivity contribution in [3.63, 3.8) is 0 Å². The number of carbonyl (C=O) groups excluding carboxylic acids is 1. The molecule has 2 unspecified atom stereocenters. The molecular formula is C65H109NO3.